The number of rotatable bonds is 9. The van der Waals surface area contributed by atoms with Gasteiger partial charge in [0.05, 0.1) is 17.6 Å². The van der Waals surface area contributed by atoms with Gasteiger partial charge >= 0.3 is 0 Å². The van der Waals surface area contributed by atoms with Crippen molar-refractivity contribution in [1.29, 1.82) is 5.26 Å². The van der Waals surface area contributed by atoms with Crippen molar-refractivity contribution in [3.8, 4) is 17.5 Å². The van der Waals surface area contributed by atoms with Crippen LogP contribution in [0.4, 0.5) is 22.9 Å². The number of aromatic nitrogens is 6. The van der Waals surface area contributed by atoms with Crippen LogP contribution in [0.25, 0.3) is 11.3 Å². The Kier molecular flexibility index (Phi) is 6.42. The van der Waals surface area contributed by atoms with E-state index >= 15 is 0 Å². The van der Waals surface area contributed by atoms with E-state index in [1.807, 2.05) is 68.7 Å². The molecule has 0 saturated heterocycles. The molecule has 3 aromatic heterocycles. The molecule has 2 aromatic carbocycles. The lowest BCUT2D eigenvalue weighted by Gasteiger charge is -2.15. The van der Waals surface area contributed by atoms with Gasteiger partial charge in [-0.2, -0.15) is 14.9 Å². The summed E-state index contributed by atoms with van der Waals surface area (Å²) in [5, 5.41) is 25.1. The number of nitriles is 1. The normalized spacial score (nSPS) is 10.9. The van der Waals surface area contributed by atoms with Crippen LogP contribution in [0.2, 0.25) is 0 Å². The lowest BCUT2D eigenvalue weighted by Crippen LogP contribution is -2.19. The van der Waals surface area contributed by atoms with Crippen molar-refractivity contribution in [3.63, 3.8) is 0 Å². The molecule has 0 aliphatic rings. The minimum atomic E-state index is 0.328. The van der Waals surface area contributed by atoms with Crippen molar-refractivity contribution in [2.24, 2.45) is 0 Å². The van der Waals surface area contributed by atoms with Crippen LogP contribution in [0.5, 0.6) is 5.75 Å². The molecule has 180 valence electrons. The molecule has 0 spiro atoms. The van der Waals surface area contributed by atoms with Crippen LogP contribution in [0, 0.1) is 11.3 Å². The third-order valence-corrected chi connectivity index (χ3v) is 5.29. The van der Waals surface area contributed by atoms with Gasteiger partial charge < -0.3 is 20.3 Å². The molecular weight excluding hydrogens is 456 g/mol. The van der Waals surface area contributed by atoms with Crippen LogP contribution in [0.3, 0.4) is 0 Å². The first-order valence-electron chi connectivity index (χ1n) is 11.2. The third kappa shape index (κ3) is 5.08. The van der Waals surface area contributed by atoms with Crippen LogP contribution in [-0.4, -0.2) is 61.5 Å². The number of nitrogens with one attached hydrogen (secondary N) is 2. The van der Waals surface area contributed by atoms with Gasteiger partial charge in [-0.1, -0.05) is 18.2 Å². The highest BCUT2D eigenvalue weighted by molar-refractivity contribution is 5.77. The number of fused-ring (bicyclic) bond motifs is 1. The number of benzene rings is 2. The zero-order chi connectivity index (χ0) is 24.9. The molecule has 0 aliphatic heterocycles. The lowest BCUT2D eigenvalue weighted by molar-refractivity contribution is 0.261. The molecule has 3 heterocycles. The molecule has 5 aromatic rings. The van der Waals surface area contributed by atoms with E-state index in [0.29, 0.717) is 35.2 Å². The molecule has 0 radical (unpaired) electrons. The standard InChI is InChI=1S/C25H24N10O/c1-33(2)8-9-36-22-11-19(10-20(12-22)34-17-27-16-29-34)31-24-13-23(30-18-6-4-3-5-7-18)25-28-15-21(14-26)35(25)32-24/h3-7,10-13,15-17,30H,8-9H2,1-2H3,(H,31,32). The fourth-order valence-corrected chi connectivity index (χ4v) is 3.58. The summed E-state index contributed by atoms with van der Waals surface area (Å²) in [7, 11) is 3.99. The summed E-state index contributed by atoms with van der Waals surface area (Å²) in [5.41, 5.74) is 3.98. The van der Waals surface area contributed by atoms with E-state index in [4.69, 9.17) is 4.74 Å². The van der Waals surface area contributed by atoms with Gasteiger partial charge in [0.25, 0.3) is 0 Å². The molecule has 0 fully saturated rings. The minimum absolute atomic E-state index is 0.328. The molecule has 0 atom stereocenters. The summed E-state index contributed by atoms with van der Waals surface area (Å²) in [6, 6.07) is 19.5. The summed E-state index contributed by atoms with van der Waals surface area (Å²) in [6.07, 6.45) is 4.61. The summed E-state index contributed by atoms with van der Waals surface area (Å²) in [6.45, 7) is 1.31. The summed E-state index contributed by atoms with van der Waals surface area (Å²) in [4.78, 5) is 10.5. The molecule has 36 heavy (non-hydrogen) atoms. The number of anilines is 4. The van der Waals surface area contributed by atoms with Gasteiger partial charge in [-0.05, 0) is 32.3 Å². The maximum Gasteiger partial charge on any atom is 0.178 e. The lowest BCUT2D eigenvalue weighted by atomic mass is 10.2. The van der Waals surface area contributed by atoms with Crippen LogP contribution < -0.4 is 15.4 Å². The molecule has 0 aliphatic carbocycles. The molecule has 0 bridgehead atoms. The smallest absolute Gasteiger partial charge is 0.178 e. The Bertz CT molecular complexity index is 1500. The minimum Gasteiger partial charge on any atom is -0.492 e. The van der Waals surface area contributed by atoms with Gasteiger partial charge in [0.1, 0.15) is 31.1 Å². The molecular formula is C25H24N10O. The summed E-state index contributed by atoms with van der Waals surface area (Å²) >= 11 is 0. The molecule has 2 N–H and O–H groups in total. The second kappa shape index (κ2) is 10.1. The van der Waals surface area contributed by atoms with E-state index in [2.05, 4.69) is 41.8 Å². The van der Waals surface area contributed by atoms with E-state index in [9.17, 15) is 5.26 Å². The zero-order valence-electron chi connectivity index (χ0n) is 19.8. The average molecular weight is 481 g/mol. The number of para-hydroxylation sites is 1. The van der Waals surface area contributed by atoms with E-state index in [0.717, 1.165) is 23.6 Å². The number of imidazole rings is 1. The van der Waals surface area contributed by atoms with E-state index in [-0.39, 0.29) is 0 Å². The second-order valence-electron chi connectivity index (χ2n) is 8.26. The Morgan fingerprint density at radius 3 is 2.67 bits per heavy atom. The van der Waals surface area contributed by atoms with Gasteiger partial charge in [-0.3, -0.25) is 0 Å². The van der Waals surface area contributed by atoms with Gasteiger partial charge in [0, 0.05) is 36.1 Å². The van der Waals surface area contributed by atoms with Crippen molar-refractivity contribution >= 4 is 28.5 Å². The maximum absolute atomic E-state index is 9.56. The SMILES string of the molecule is CN(C)CCOc1cc(Nc2cc(Nc3ccccc3)c3ncc(C#N)n3n2)cc(-n2cncn2)c1. The fourth-order valence-electron chi connectivity index (χ4n) is 3.58. The van der Waals surface area contributed by atoms with Gasteiger partial charge in [0.15, 0.2) is 17.2 Å². The molecule has 0 saturated carbocycles. The molecule has 11 nitrogen and oxygen atoms in total. The van der Waals surface area contributed by atoms with Crippen molar-refractivity contribution in [3.05, 3.63) is 79.1 Å². The third-order valence-electron chi connectivity index (χ3n) is 5.29. The predicted molar refractivity (Wildman–Crippen MR) is 136 cm³/mol. The average Bonchev–Trinajstić information content (AvgIpc) is 3.55. The highest BCUT2D eigenvalue weighted by Gasteiger charge is 2.13. The van der Waals surface area contributed by atoms with E-state index in [1.165, 1.54) is 17.0 Å². The van der Waals surface area contributed by atoms with Gasteiger partial charge in [-0.15, -0.1) is 5.10 Å². The molecule has 0 amide bonds. The van der Waals surface area contributed by atoms with Crippen molar-refractivity contribution in [2.75, 3.05) is 37.9 Å². The number of likely N-dealkylation sites (N-methyl/N-ethyl adjacent to an activating group) is 1. The number of nitrogens with zero attached hydrogens (tertiary/aromatic N) is 8. The molecule has 5 rings (SSSR count). The number of ether oxygens (including phenoxy) is 1. The first-order valence-corrected chi connectivity index (χ1v) is 11.2. The van der Waals surface area contributed by atoms with Crippen LogP contribution in [0.15, 0.2) is 73.4 Å². The molecule has 11 heteroatoms. The van der Waals surface area contributed by atoms with Crippen LogP contribution in [0.1, 0.15) is 5.69 Å². The second-order valence-corrected chi connectivity index (χ2v) is 8.26. The number of hydrogen-bond acceptors (Lipinski definition) is 9. The Morgan fingerprint density at radius 1 is 1.06 bits per heavy atom. The predicted octanol–water partition coefficient (Wildman–Crippen LogP) is 3.61. The Balaban J connectivity index is 1.52. The Hall–Kier alpha value is -4.95. The topological polar surface area (TPSA) is 121 Å². The zero-order valence-corrected chi connectivity index (χ0v) is 19.8. The van der Waals surface area contributed by atoms with E-state index in [1.54, 1.807) is 11.0 Å². The van der Waals surface area contributed by atoms with Gasteiger partial charge in [-0.25, -0.2) is 14.6 Å². The van der Waals surface area contributed by atoms with Gasteiger partial charge in [0.2, 0.25) is 0 Å². The number of hydrogen-bond donors (Lipinski definition) is 2. The maximum atomic E-state index is 9.56. The highest BCUT2D eigenvalue weighted by Crippen LogP contribution is 2.29. The highest BCUT2D eigenvalue weighted by atomic mass is 16.5. The first-order chi connectivity index (χ1) is 17.6. The summed E-state index contributed by atoms with van der Waals surface area (Å²) < 4.78 is 9.17. The quantitative estimate of drug-likeness (QED) is 0.326. The largest absolute Gasteiger partial charge is 0.492 e. The van der Waals surface area contributed by atoms with E-state index < -0.39 is 0 Å². The van der Waals surface area contributed by atoms with Crippen molar-refractivity contribution in [2.45, 2.75) is 0 Å². The Morgan fingerprint density at radius 2 is 1.92 bits per heavy atom. The fraction of sp³-hybridized carbons (Fsp3) is 0.160. The molecule has 0 unspecified atom stereocenters. The first kappa shape index (κ1) is 22.8. The summed E-state index contributed by atoms with van der Waals surface area (Å²) in [5.74, 6) is 1.20. The Labute approximate surface area is 207 Å². The van der Waals surface area contributed by atoms with Crippen LogP contribution >= 0.6 is 0 Å². The van der Waals surface area contributed by atoms with Crippen LogP contribution in [-0.2, 0) is 0 Å². The monoisotopic (exact) mass is 480 g/mol. The van der Waals surface area contributed by atoms with Crippen molar-refractivity contribution < 1.29 is 4.74 Å². The van der Waals surface area contributed by atoms with Crippen molar-refractivity contribution in [1.82, 2.24) is 34.3 Å².